The second-order valence-corrected chi connectivity index (χ2v) is 6.23. The van der Waals surface area contributed by atoms with E-state index in [4.69, 9.17) is 4.74 Å². The third-order valence-corrected chi connectivity index (χ3v) is 4.55. The Morgan fingerprint density at radius 2 is 2.04 bits per heavy atom. The number of Topliss-reactive ketones (excluding diaryl/α,β-unsaturated/α-hetero) is 1. The molecular weight excluding hydrogens is 366 g/mol. The first-order valence-corrected chi connectivity index (χ1v) is 8.91. The smallest absolute Gasteiger partial charge is 0.343 e. The number of para-hydroxylation sites is 2. The van der Waals surface area contributed by atoms with E-state index in [9.17, 15) is 19.2 Å². The predicted molar refractivity (Wildman–Crippen MR) is 98.4 cm³/mol. The highest BCUT2D eigenvalue weighted by molar-refractivity contribution is 6.24. The number of hydrogen-bond acceptors (Lipinski definition) is 7. The second kappa shape index (κ2) is 8.12. The van der Waals surface area contributed by atoms with Crippen molar-refractivity contribution in [2.45, 2.75) is 19.4 Å². The van der Waals surface area contributed by atoms with Gasteiger partial charge in [0, 0.05) is 19.5 Å². The zero-order valence-corrected chi connectivity index (χ0v) is 15.6. The monoisotopic (exact) mass is 387 g/mol. The van der Waals surface area contributed by atoms with Crippen LogP contribution in [0.3, 0.4) is 0 Å². The van der Waals surface area contributed by atoms with Crippen LogP contribution in [0.1, 0.15) is 13.3 Å². The fourth-order valence-corrected chi connectivity index (χ4v) is 3.32. The van der Waals surface area contributed by atoms with Gasteiger partial charge in [0.2, 0.25) is 5.91 Å². The van der Waals surface area contributed by atoms with Crippen LogP contribution in [0.5, 0.6) is 5.75 Å². The van der Waals surface area contributed by atoms with E-state index < -0.39 is 29.6 Å². The van der Waals surface area contributed by atoms with Gasteiger partial charge in [-0.2, -0.15) is 0 Å². The summed E-state index contributed by atoms with van der Waals surface area (Å²) in [7, 11) is 1.14. The number of piperazine rings is 1. The molecule has 2 aliphatic heterocycles. The number of nitrogens with zero attached hydrogens (tertiary/aromatic N) is 1. The molecule has 0 aromatic heterocycles. The number of rotatable bonds is 5. The lowest BCUT2D eigenvalue weighted by Gasteiger charge is -2.40. The maximum atomic E-state index is 12.9. The minimum Gasteiger partial charge on any atom is -0.492 e. The van der Waals surface area contributed by atoms with Gasteiger partial charge in [0.15, 0.2) is 5.78 Å². The van der Waals surface area contributed by atoms with E-state index in [0.29, 0.717) is 31.1 Å². The summed E-state index contributed by atoms with van der Waals surface area (Å²) in [5.74, 6) is -2.03. The van der Waals surface area contributed by atoms with Crippen molar-refractivity contribution in [1.29, 1.82) is 0 Å². The summed E-state index contributed by atoms with van der Waals surface area (Å²) in [5.41, 5.74) is 0.0265. The van der Waals surface area contributed by atoms with Gasteiger partial charge >= 0.3 is 5.97 Å². The second-order valence-electron chi connectivity index (χ2n) is 6.23. The van der Waals surface area contributed by atoms with E-state index >= 15 is 0 Å². The van der Waals surface area contributed by atoms with Gasteiger partial charge in [-0.15, -0.1) is 0 Å². The Balaban J connectivity index is 1.92. The normalized spacial score (nSPS) is 18.9. The molecule has 2 heterocycles. The van der Waals surface area contributed by atoms with Crippen molar-refractivity contribution in [3.63, 3.8) is 0 Å². The van der Waals surface area contributed by atoms with E-state index in [1.807, 2.05) is 6.92 Å². The summed E-state index contributed by atoms with van der Waals surface area (Å²) in [6.07, 6.45) is -0.232. The van der Waals surface area contributed by atoms with Crippen LogP contribution in [0.4, 0.5) is 5.69 Å². The summed E-state index contributed by atoms with van der Waals surface area (Å²) in [6.45, 7) is 2.84. The molecule has 0 aliphatic carbocycles. The molecule has 1 aromatic carbocycles. The lowest BCUT2D eigenvalue weighted by Crippen LogP contribution is -2.57. The molecule has 0 radical (unpaired) electrons. The number of ether oxygens (including phenoxy) is 2. The van der Waals surface area contributed by atoms with E-state index in [1.165, 1.54) is 4.90 Å². The van der Waals surface area contributed by atoms with Crippen molar-refractivity contribution in [3.05, 3.63) is 35.5 Å². The van der Waals surface area contributed by atoms with Crippen LogP contribution in [0, 0.1) is 0 Å². The molecule has 2 N–H and O–H groups in total. The number of amides is 2. The Kier molecular flexibility index (Phi) is 5.62. The van der Waals surface area contributed by atoms with E-state index in [-0.39, 0.29) is 17.7 Å². The third-order valence-electron chi connectivity index (χ3n) is 4.55. The maximum Gasteiger partial charge on any atom is 0.343 e. The fourth-order valence-electron chi connectivity index (χ4n) is 3.32. The molecule has 1 atom stereocenters. The Morgan fingerprint density at radius 3 is 2.75 bits per heavy atom. The third kappa shape index (κ3) is 3.55. The van der Waals surface area contributed by atoms with Gasteiger partial charge in [0.05, 0.1) is 19.4 Å². The molecule has 0 spiro atoms. The molecule has 148 valence electrons. The maximum absolute atomic E-state index is 12.9. The first kappa shape index (κ1) is 19.4. The molecular formula is C19H21N3O6. The number of anilines is 1. The molecule has 1 aromatic rings. The van der Waals surface area contributed by atoms with Crippen LogP contribution in [-0.4, -0.2) is 61.3 Å². The molecule has 0 bridgehead atoms. The highest BCUT2D eigenvalue weighted by Gasteiger charge is 2.44. The van der Waals surface area contributed by atoms with Gasteiger partial charge in [-0.3, -0.25) is 14.4 Å². The molecule has 2 aliphatic rings. The van der Waals surface area contributed by atoms with Crippen LogP contribution in [-0.2, 0) is 23.9 Å². The van der Waals surface area contributed by atoms with Crippen molar-refractivity contribution in [2.24, 2.45) is 0 Å². The molecule has 28 heavy (non-hydrogen) atoms. The molecule has 0 saturated carbocycles. The molecule has 9 heteroatoms. The van der Waals surface area contributed by atoms with Crippen molar-refractivity contribution in [3.8, 4) is 5.75 Å². The van der Waals surface area contributed by atoms with E-state index in [1.54, 1.807) is 24.3 Å². The molecule has 1 fully saturated rings. The Labute approximate surface area is 161 Å². The van der Waals surface area contributed by atoms with Crippen molar-refractivity contribution < 1.29 is 28.7 Å². The topological polar surface area (TPSA) is 114 Å². The molecule has 9 nitrogen and oxygen atoms in total. The van der Waals surface area contributed by atoms with Crippen LogP contribution >= 0.6 is 0 Å². The van der Waals surface area contributed by atoms with Gasteiger partial charge in [-0.05, 0) is 19.1 Å². The number of nitrogens with one attached hydrogen (secondary N) is 2. The summed E-state index contributed by atoms with van der Waals surface area (Å²) < 4.78 is 10.2. The lowest BCUT2D eigenvalue weighted by molar-refractivity contribution is -0.141. The summed E-state index contributed by atoms with van der Waals surface area (Å²) in [5, 5.41) is 5.36. The number of benzene rings is 1. The van der Waals surface area contributed by atoms with Gasteiger partial charge in [0.25, 0.3) is 5.91 Å². The molecule has 3 rings (SSSR count). The van der Waals surface area contributed by atoms with Crippen LogP contribution in [0.15, 0.2) is 35.5 Å². The molecule has 1 saturated heterocycles. The van der Waals surface area contributed by atoms with Crippen LogP contribution < -0.4 is 15.4 Å². The number of ketones is 1. The summed E-state index contributed by atoms with van der Waals surface area (Å²) in [6, 6.07) is 6.02. The van der Waals surface area contributed by atoms with Gasteiger partial charge in [-0.1, -0.05) is 12.1 Å². The Bertz CT molecular complexity index is 863. The Morgan fingerprint density at radius 1 is 1.29 bits per heavy atom. The summed E-state index contributed by atoms with van der Waals surface area (Å²) >= 11 is 0. The van der Waals surface area contributed by atoms with E-state index in [0.717, 1.165) is 7.11 Å². The largest absolute Gasteiger partial charge is 0.492 e. The zero-order chi connectivity index (χ0) is 20.3. The SMILES string of the molecule is CCOc1ccccc1NC(=O)[C@H]1CC(=O)C(C(=O)OC)=C2C(=O)NCCN21. The number of methoxy groups -OCH3 is 1. The predicted octanol–water partition coefficient (Wildman–Crippen LogP) is 0.224. The standard InChI is InChI=1S/C19H21N3O6/c1-3-28-14-7-5-4-6-11(14)21-17(24)12-10-13(23)15(19(26)27-2)16-18(25)20-8-9-22(12)16/h4-7,12H,3,8-10H2,1-2H3,(H,20,25)(H,21,24)/t12-/m1/s1. The fraction of sp³-hybridized carbons (Fsp3) is 0.368. The number of esters is 1. The van der Waals surface area contributed by atoms with Crippen LogP contribution in [0.25, 0.3) is 0 Å². The van der Waals surface area contributed by atoms with Crippen molar-refractivity contribution >= 4 is 29.3 Å². The van der Waals surface area contributed by atoms with Gasteiger partial charge in [-0.25, -0.2) is 4.79 Å². The minimum atomic E-state index is -0.920. The van der Waals surface area contributed by atoms with Crippen molar-refractivity contribution in [2.75, 3.05) is 32.1 Å². The van der Waals surface area contributed by atoms with Gasteiger partial charge in [0.1, 0.15) is 23.1 Å². The highest BCUT2D eigenvalue weighted by atomic mass is 16.5. The lowest BCUT2D eigenvalue weighted by atomic mass is 9.92. The van der Waals surface area contributed by atoms with Gasteiger partial charge < -0.3 is 25.0 Å². The minimum absolute atomic E-state index is 0.118. The molecule has 2 amide bonds. The quantitative estimate of drug-likeness (QED) is 0.549. The summed E-state index contributed by atoms with van der Waals surface area (Å²) in [4.78, 5) is 51.4. The van der Waals surface area contributed by atoms with E-state index in [2.05, 4.69) is 15.4 Å². The van der Waals surface area contributed by atoms with Crippen molar-refractivity contribution in [1.82, 2.24) is 10.2 Å². The Hall–Kier alpha value is -3.36. The average Bonchev–Trinajstić information content (AvgIpc) is 2.69. The average molecular weight is 387 g/mol. The number of carbonyl (C=O) groups excluding carboxylic acids is 4. The first-order chi connectivity index (χ1) is 13.5. The number of fused-ring (bicyclic) bond motifs is 1. The first-order valence-electron chi connectivity index (χ1n) is 8.91. The molecule has 0 unspecified atom stereocenters. The van der Waals surface area contributed by atoms with Crippen LogP contribution in [0.2, 0.25) is 0 Å². The number of hydrogen-bond donors (Lipinski definition) is 2. The zero-order valence-electron chi connectivity index (χ0n) is 15.6. The highest BCUT2D eigenvalue weighted by Crippen LogP contribution is 2.30. The number of carbonyl (C=O) groups is 4.